The van der Waals surface area contributed by atoms with Gasteiger partial charge < -0.3 is 5.73 Å². The summed E-state index contributed by atoms with van der Waals surface area (Å²) in [5.41, 5.74) is 5.83. The molecule has 0 fully saturated rings. The lowest BCUT2D eigenvalue weighted by atomic mass is 10.1. The van der Waals surface area contributed by atoms with E-state index < -0.39 is 6.43 Å². The van der Waals surface area contributed by atoms with E-state index in [1.165, 1.54) is 6.92 Å². The first-order valence-electron chi connectivity index (χ1n) is 4.04. The van der Waals surface area contributed by atoms with E-state index in [4.69, 9.17) is 5.73 Å². The van der Waals surface area contributed by atoms with Crippen LogP contribution >= 0.6 is 0 Å². The largest absolute Gasteiger partial charge is 0.325 e. The fourth-order valence-electron chi connectivity index (χ4n) is 1.19. The van der Waals surface area contributed by atoms with Crippen LogP contribution in [0.3, 0.4) is 0 Å². The lowest BCUT2D eigenvalue weighted by Gasteiger charge is -2.09. The van der Waals surface area contributed by atoms with E-state index in [2.05, 4.69) is 4.98 Å². The Morgan fingerprint density at radius 3 is 2.71 bits per heavy atom. The monoisotopic (exact) mass is 200 g/mol. The molecule has 0 bridgehead atoms. The summed E-state index contributed by atoms with van der Waals surface area (Å²) in [4.78, 5) is 14.2. The second-order valence-electron chi connectivity index (χ2n) is 2.83. The van der Waals surface area contributed by atoms with Gasteiger partial charge in [0.15, 0.2) is 6.29 Å². The standard InChI is InChI=1S/C9H10F2N2O/c1-5-7(9(10)11)2-6(4-14)13-8(5)3-12/h2,4,9H,3,12H2,1H3. The zero-order valence-electron chi connectivity index (χ0n) is 7.63. The summed E-state index contributed by atoms with van der Waals surface area (Å²) in [7, 11) is 0. The van der Waals surface area contributed by atoms with Crippen LogP contribution in [0.2, 0.25) is 0 Å². The van der Waals surface area contributed by atoms with Gasteiger partial charge in [-0.05, 0) is 18.6 Å². The lowest BCUT2D eigenvalue weighted by Crippen LogP contribution is -2.07. The van der Waals surface area contributed by atoms with Crippen LogP contribution in [0, 0.1) is 6.92 Å². The molecule has 14 heavy (non-hydrogen) atoms. The summed E-state index contributed by atoms with van der Waals surface area (Å²) in [5, 5.41) is 0. The second-order valence-corrected chi connectivity index (χ2v) is 2.83. The fraction of sp³-hybridized carbons (Fsp3) is 0.333. The van der Waals surface area contributed by atoms with Gasteiger partial charge in [-0.25, -0.2) is 13.8 Å². The zero-order valence-corrected chi connectivity index (χ0v) is 7.63. The first-order valence-corrected chi connectivity index (χ1v) is 4.04. The Morgan fingerprint density at radius 2 is 2.29 bits per heavy atom. The van der Waals surface area contributed by atoms with Gasteiger partial charge >= 0.3 is 0 Å². The van der Waals surface area contributed by atoms with E-state index in [9.17, 15) is 13.6 Å². The number of aldehydes is 1. The Bertz CT molecular complexity index is 353. The van der Waals surface area contributed by atoms with Crippen molar-refractivity contribution in [3.05, 3.63) is 28.6 Å². The summed E-state index contributed by atoms with van der Waals surface area (Å²) in [5.74, 6) is 0. The molecule has 76 valence electrons. The number of nitrogens with zero attached hydrogens (tertiary/aromatic N) is 1. The quantitative estimate of drug-likeness (QED) is 0.754. The van der Waals surface area contributed by atoms with Crippen LogP contribution in [0.5, 0.6) is 0 Å². The number of hydrogen-bond donors (Lipinski definition) is 1. The topological polar surface area (TPSA) is 56.0 Å². The molecule has 3 nitrogen and oxygen atoms in total. The van der Waals surface area contributed by atoms with Crippen molar-refractivity contribution >= 4 is 6.29 Å². The van der Waals surface area contributed by atoms with Gasteiger partial charge in [-0.3, -0.25) is 4.79 Å². The molecule has 2 N–H and O–H groups in total. The molecule has 0 aliphatic rings. The van der Waals surface area contributed by atoms with Crippen LogP contribution in [0.25, 0.3) is 0 Å². The van der Waals surface area contributed by atoms with Gasteiger partial charge in [-0.2, -0.15) is 0 Å². The molecule has 1 heterocycles. The van der Waals surface area contributed by atoms with Gasteiger partial charge in [0.1, 0.15) is 5.69 Å². The first-order chi connectivity index (χ1) is 6.60. The second kappa shape index (κ2) is 4.23. The average molecular weight is 200 g/mol. The van der Waals surface area contributed by atoms with Crippen molar-refractivity contribution in [2.24, 2.45) is 5.73 Å². The number of pyridine rings is 1. The highest BCUT2D eigenvalue weighted by Gasteiger charge is 2.15. The molecule has 5 heteroatoms. The highest BCUT2D eigenvalue weighted by Crippen LogP contribution is 2.24. The fourth-order valence-corrected chi connectivity index (χ4v) is 1.19. The van der Waals surface area contributed by atoms with Gasteiger partial charge in [-0.1, -0.05) is 0 Å². The number of aromatic nitrogens is 1. The molecule has 0 aliphatic heterocycles. The Labute approximate surface area is 79.9 Å². The molecule has 1 aromatic rings. The molecule has 0 unspecified atom stereocenters. The molecule has 1 aromatic heterocycles. The van der Waals surface area contributed by atoms with Crippen LogP contribution in [0.1, 0.15) is 33.7 Å². The summed E-state index contributed by atoms with van der Waals surface area (Å²) >= 11 is 0. The van der Waals surface area contributed by atoms with Crippen molar-refractivity contribution in [1.29, 1.82) is 0 Å². The Balaban J connectivity index is 3.34. The molecule has 0 atom stereocenters. The van der Waals surface area contributed by atoms with Crippen molar-refractivity contribution in [2.45, 2.75) is 19.9 Å². The summed E-state index contributed by atoms with van der Waals surface area (Å²) in [6.45, 7) is 1.57. The van der Waals surface area contributed by atoms with Crippen LogP contribution in [0.4, 0.5) is 8.78 Å². The number of rotatable bonds is 3. The average Bonchev–Trinajstić information content (AvgIpc) is 2.17. The molecule has 0 spiro atoms. The molecule has 0 aromatic carbocycles. The molecule has 0 saturated heterocycles. The Morgan fingerprint density at radius 1 is 1.64 bits per heavy atom. The first kappa shape index (κ1) is 10.7. The van der Waals surface area contributed by atoms with Crippen molar-refractivity contribution in [3.63, 3.8) is 0 Å². The van der Waals surface area contributed by atoms with E-state index in [0.29, 0.717) is 17.5 Å². The van der Waals surface area contributed by atoms with E-state index >= 15 is 0 Å². The van der Waals surface area contributed by atoms with Crippen molar-refractivity contribution in [3.8, 4) is 0 Å². The third-order valence-corrected chi connectivity index (χ3v) is 1.98. The molecule has 1 rings (SSSR count). The molecule has 0 radical (unpaired) electrons. The highest BCUT2D eigenvalue weighted by atomic mass is 19.3. The van der Waals surface area contributed by atoms with Crippen molar-refractivity contribution in [2.75, 3.05) is 0 Å². The molecular weight excluding hydrogens is 190 g/mol. The predicted octanol–water partition coefficient (Wildman–Crippen LogP) is 1.60. The predicted molar refractivity (Wildman–Crippen MR) is 47.2 cm³/mol. The van der Waals surface area contributed by atoms with E-state index in [1.807, 2.05) is 0 Å². The smallest absolute Gasteiger partial charge is 0.264 e. The summed E-state index contributed by atoms with van der Waals surface area (Å²) in [6, 6.07) is 1.09. The zero-order chi connectivity index (χ0) is 10.7. The Kier molecular flexibility index (Phi) is 3.24. The third-order valence-electron chi connectivity index (χ3n) is 1.98. The molecule has 0 amide bonds. The SMILES string of the molecule is Cc1c(C(F)F)cc(C=O)nc1CN. The normalized spacial score (nSPS) is 10.6. The van der Waals surface area contributed by atoms with E-state index in [1.54, 1.807) is 0 Å². The number of hydrogen-bond acceptors (Lipinski definition) is 3. The van der Waals surface area contributed by atoms with Gasteiger partial charge in [-0.15, -0.1) is 0 Å². The highest BCUT2D eigenvalue weighted by molar-refractivity contribution is 5.72. The maximum absolute atomic E-state index is 12.5. The van der Waals surface area contributed by atoms with Crippen LogP contribution < -0.4 is 5.73 Å². The molecular formula is C9H10F2N2O. The van der Waals surface area contributed by atoms with Crippen molar-refractivity contribution < 1.29 is 13.6 Å². The van der Waals surface area contributed by atoms with Gasteiger partial charge in [0, 0.05) is 12.1 Å². The number of alkyl halides is 2. The number of carbonyl (C=O) groups excluding carboxylic acids is 1. The molecule has 0 aliphatic carbocycles. The number of halogens is 2. The van der Waals surface area contributed by atoms with Crippen LogP contribution in [0.15, 0.2) is 6.07 Å². The molecule has 0 saturated carbocycles. The maximum Gasteiger partial charge on any atom is 0.264 e. The number of carbonyl (C=O) groups is 1. The lowest BCUT2D eigenvalue weighted by molar-refractivity contribution is 0.111. The number of nitrogens with two attached hydrogens (primary N) is 1. The van der Waals surface area contributed by atoms with Crippen LogP contribution in [-0.4, -0.2) is 11.3 Å². The minimum Gasteiger partial charge on any atom is -0.325 e. The third kappa shape index (κ3) is 1.93. The maximum atomic E-state index is 12.5. The van der Waals surface area contributed by atoms with E-state index in [-0.39, 0.29) is 17.8 Å². The minimum absolute atomic E-state index is 0.00801. The van der Waals surface area contributed by atoms with Gasteiger partial charge in [0.2, 0.25) is 0 Å². The van der Waals surface area contributed by atoms with Gasteiger partial charge in [0.05, 0.1) is 5.69 Å². The Hall–Kier alpha value is -1.36. The van der Waals surface area contributed by atoms with E-state index in [0.717, 1.165) is 6.07 Å². The van der Waals surface area contributed by atoms with Gasteiger partial charge in [0.25, 0.3) is 6.43 Å². The van der Waals surface area contributed by atoms with Crippen molar-refractivity contribution in [1.82, 2.24) is 4.98 Å². The summed E-state index contributed by atoms with van der Waals surface area (Å²) < 4.78 is 25.0. The summed E-state index contributed by atoms with van der Waals surface area (Å²) in [6.07, 6.45) is -2.17. The minimum atomic E-state index is -2.61. The van der Waals surface area contributed by atoms with Crippen LogP contribution in [-0.2, 0) is 6.54 Å².